The molecule has 0 saturated heterocycles. The zero-order valence-corrected chi connectivity index (χ0v) is 10.4. The van der Waals surface area contributed by atoms with Crippen LogP contribution in [0.25, 0.3) is 0 Å². The smallest absolute Gasteiger partial charge is 0.236 e. The van der Waals surface area contributed by atoms with Crippen LogP contribution >= 0.6 is 0 Å². The molecule has 0 spiro atoms. The quantitative estimate of drug-likeness (QED) is 0.668. The number of nitrogens with zero attached hydrogens (tertiary/aromatic N) is 1. The Bertz CT molecular complexity index is 351. The molecule has 0 aliphatic carbocycles. The van der Waals surface area contributed by atoms with Crippen molar-refractivity contribution in [1.82, 2.24) is 15.8 Å². The van der Waals surface area contributed by atoms with Crippen LogP contribution in [0.1, 0.15) is 18.4 Å². The molecular weight excluding hydrogens is 222 g/mol. The number of aromatic nitrogens is 1. The lowest BCUT2D eigenvalue weighted by Crippen LogP contribution is -2.42. The van der Waals surface area contributed by atoms with Gasteiger partial charge in [-0.15, -0.1) is 0 Å². The van der Waals surface area contributed by atoms with E-state index >= 15 is 0 Å². The van der Waals surface area contributed by atoms with Crippen LogP contribution < -0.4 is 10.6 Å². The number of rotatable bonds is 7. The Labute approximate surface area is 101 Å². The van der Waals surface area contributed by atoms with Gasteiger partial charge in [-0.25, -0.2) is 0 Å². The van der Waals surface area contributed by atoms with E-state index in [1.165, 1.54) is 0 Å². The topological polar surface area (TPSA) is 76.4 Å². The van der Waals surface area contributed by atoms with Crippen LogP contribution in [0.2, 0.25) is 0 Å². The zero-order chi connectivity index (χ0) is 12.7. The van der Waals surface area contributed by atoms with E-state index in [-0.39, 0.29) is 11.9 Å². The molecular formula is C11H19N3O3. The lowest BCUT2D eigenvalue weighted by Gasteiger charge is -2.12. The first-order valence-electron chi connectivity index (χ1n) is 5.55. The Kier molecular flexibility index (Phi) is 5.65. The van der Waals surface area contributed by atoms with Crippen LogP contribution in [0.4, 0.5) is 0 Å². The number of nitrogens with one attached hydrogen (secondary N) is 2. The standard InChI is InChI=1S/C11H19N3O3/c1-8-6-10(14-17-8)7-13-9(2)11(15)12-4-5-16-3/h6,9,13H,4-5,7H2,1-3H3,(H,12,15). The molecule has 96 valence electrons. The third kappa shape index (κ3) is 4.97. The van der Waals surface area contributed by atoms with E-state index in [1.54, 1.807) is 14.0 Å². The predicted molar refractivity (Wildman–Crippen MR) is 62.4 cm³/mol. The molecule has 1 rings (SSSR count). The Hall–Kier alpha value is -1.40. The molecule has 0 aromatic carbocycles. The maximum absolute atomic E-state index is 11.6. The van der Waals surface area contributed by atoms with Gasteiger partial charge in [0.05, 0.1) is 18.3 Å². The van der Waals surface area contributed by atoms with E-state index < -0.39 is 0 Å². The van der Waals surface area contributed by atoms with E-state index in [9.17, 15) is 4.79 Å². The summed E-state index contributed by atoms with van der Waals surface area (Å²) in [6, 6.07) is 1.56. The van der Waals surface area contributed by atoms with Crippen molar-refractivity contribution >= 4 is 5.91 Å². The third-order valence-corrected chi connectivity index (χ3v) is 2.26. The van der Waals surface area contributed by atoms with Crippen molar-refractivity contribution in [2.45, 2.75) is 26.4 Å². The van der Waals surface area contributed by atoms with Crippen LogP contribution in [0.15, 0.2) is 10.6 Å². The van der Waals surface area contributed by atoms with Crippen molar-refractivity contribution in [3.8, 4) is 0 Å². The lowest BCUT2D eigenvalue weighted by molar-refractivity contribution is -0.123. The molecule has 6 heteroatoms. The molecule has 0 saturated carbocycles. The summed E-state index contributed by atoms with van der Waals surface area (Å²) >= 11 is 0. The summed E-state index contributed by atoms with van der Waals surface area (Å²) in [6.07, 6.45) is 0. The van der Waals surface area contributed by atoms with Gasteiger partial charge in [0.2, 0.25) is 5.91 Å². The number of ether oxygens (including phenoxy) is 1. The van der Waals surface area contributed by atoms with Crippen molar-refractivity contribution in [2.75, 3.05) is 20.3 Å². The minimum atomic E-state index is -0.274. The van der Waals surface area contributed by atoms with Gasteiger partial charge in [-0.3, -0.25) is 4.79 Å². The summed E-state index contributed by atoms with van der Waals surface area (Å²) in [6.45, 7) is 5.17. The summed E-state index contributed by atoms with van der Waals surface area (Å²) < 4.78 is 9.78. The molecule has 0 fully saturated rings. The fourth-order valence-corrected chi connectivity index (χ4v) is 1.28. The average molecular weight is 241 g/mol. The summed E-state index contributed by atoms with van der Waals surface area (Å²) in [5, 5.41) is 9.65. The molecule has 1 aromatic heterocycles. The highest BCUT2D eigenvalue weighted by molar-refractivity contribution is 5.81. The first kappa shape index (κ1) is 13.7. The van der Waals surface area contributed by atoms with E-state index in [2.05, 4.69) is 15.8 Å². The Morgan fingerprint density at radius 3 is 3.00 bits per heavy atom. The monoisotopic (exact) mass is 241 g/mol. The minimum Gasteiger partial charge on any atom is -0.383 e. The number of carbonyl (C=O) groups is 1. The number of amides is 1. The van der Waals surface area contributed by atoms with Crippen molar-refractivity contribution in [3.05, 3.63) is 17.5 Å². The fourth-order valence-electron chi connectivity index (χ4n) is 1.28. The molecule has 1 amide bonds. The largest absolute Gasteiger partial charge is 0.383 e. The maximum atomic E-state index is 11.6. The normalized spacial score (nSPS) is 12.4. The zero-order valence-electron chi connectivity index (χ0n) is 10.4. The van der Waals surface area contributed by atoms with Gasteiger partial charge >= 0.3 is 0 Å². The lowest BCUT2D eigenvalue weighted by atomic mass is 10.3. The number of hydrogen-bond donors (Lipinski definition) is 2. The van der Waals surface area contributed by atoms with Gasteiger partial charge in [0.15, 0.2) is 0 Å². The highest BCUT2D eigenvalue weighted by Gasteiger charge is 2.12. The third-order valence-electron chi connectivity index (χ3n) is 2.26. The predicted octanol–water partition coefficient (Wildman–Crippen LogP) is 0.224. The van der Waals surface area contributed by atoms with E-state index in [1.807, 2.05) is 13.0 Å². The van der Waals surface area contributed by atoms with Gasteiger partial charge in [-0.05, 0) is 13.8 Å². The first-order valence-corrected chi connectivity index (χ1v) is 5.55. The van der Waals surface area contributed by atoms with Crippen LogP contribution in [0.3, 0.4) is 0 Å². The molecule has 0 radical (unpaired) electrons. The second-order valence-electron chi connectivity index (χ2n) is 3.82. The summed E-state index contributed by atoms with van der Waals surface area (Å²) in [5.41, 5.74) is 0.791. The van der Waals surface area contributed by atoms with Crippen LogP contribution in [0, 0.1) is 6.92 Å². The number of aryl methyl sites for hydroxylation is 1. The number of hydrogen-bond acceptors (Lipinski definition) is 5. The Morgan fingerprint density at radius 1 is 1.65 bits per heavy atom. The SMILES string of the molecule is COCCNC(=O)C(C)NCc1cc(C)on1. The molecule has 1 heterocycles. The highest BCUT2D eigenvalue weighted by atomic mass is 16.5. The fraction of sp³-hybridized carbons (Fsp3) is 0.636. The van der Waals surface area contributed by atoms with Gasteiger partial charge in [0.1, 0.15) is 5.76 Å². The van der Waals surface area contributed by atoms with Gasteiger partial charge < -0.3 is 19.9 Å². The van der Waals surface area contributed by atoms with Crippen molar-refractivity contribution in [3.63, 3.8) is 0 Å². The minimum absolute atomic E-state index is 0.0535. The first-order chi connectivity index (χ1) is 8.13. The maximum Gasteiger partial charge on any atom is 0.236 e. The molecule has 0 bridgehead atoms. The second-order valence-corrected chi connectivity index (χ2v) is 3.82. The molecule has 1 atom stereocenters. The molecule has 0 aliphatic heterocycles. The average Bonchev–Trinajstić information content (AvgIpc) is 2.72. The van der Waals surface area contributed by atoms with Gasteiger partial charge in [-0.2, -0.15) is 0 Å². The second kappa shape index (κ2) is 7.03. The summed E-state index contributed by atoms with van der Waals surface area (Å²) in [4.78, 5) is 11.6. The van der Waals surface area contributed by atoms with Gasteiger partial charge in [0.25, 0.3) is 0 Å². The van der Waals surface area contributed by atoms with Crippen LogP contribution in [-0.2, 0) is 16.1 Å². The van der Waals surface area contributed by atoms with Crippen molar-refractivity contribution in [1.29, 1.82) is 0 Å². The van der Waals surface area contributed by atoms with Gasteiger partial charge in [0, 0.05) is 26.3 Å². The summed E-state index contributed by atoms with van der Waals surface area (Å²) in [5.74, 6) is 0.710. The molecule has 0 aliphatic rings. The van der Waals surface area contributed by atoms with E-state index in [0.29, 0.717) is 19.7 Å². The highest BCUT2D eigenvalue weighted by Crippen LogP contribution is 2.01. The number of methoxy groups -OCH3 is 1. The Morgan fingerprint density at radius 2 is 2.41 bits per heavy atom. The number of carbonyl (C=O) groups excluding carboxylic acids is 1. The molecule has 17 heavy (non-hydrogen) atoms. The Balaban J connectivity index is 2.24. The van der Waals surface area contributed by atoms with Crippen molar-refractivity contribution < 1.29 is 14.1 Å². The molecule has 1 aromatic rings. The van der Waals surface area contributed by atoms with Crippen LogP contribution in [0.5, 0.6) is 0 Å². The van der Waals surface area contributed by atoms with E-state index in [0.717, 1.165) is 11.5 Å². The molecule has 1 unspecified atom stereocenters. The van der Waals surface area contributed by atoms with Gasteiger partial charge in [-0.1, -0.05) is 5.16 Å². The van der Waals surface area contributed by atoms with E-state index in [4.69, 9.17) is 9.26 Å². The van der Waals surface area contributed by atoms with Crippen LogP contribution in [-0.4, -0.2) is 37.4 Å². The summed E-state index contributed by atoms with van der Waals surface area (Å²) in [7, 11) is 1.60. The molecule has 6 nitrogen and oxygen atoms in total. The van der Waals surface area contributed by atoms with Crippen molar-refractivity contribution in [2.24, 2.45) is 0 Å². The molecule has 2 N–H and O–H groups in total.